The molecule has 0 aliphatic carbocycles. The van der Waals surface area contributed by atoms with Gasteiger partial charge in [-0.25, -0.2) is 0 Å². The lowest BCUT2D eigenvalue weighted by atomic mass is 9.98. The van der Waals surface area contributed by atoms with Gasteiger partial charge in [0.05, 0.1) is 33.0 Å². The number of hydrogen-bond donors (Lipinski definition) is 13. The van der Waals surface area contributed by atoms with Crippen LogP contribution in [0.5, 0.6) is 0 Å². The molecular formula is C22H40O19. The Morgan fingerprint density at radius 2 is 1.12 bits per heavy atom. The molecule has 3 aliphatic rings. The summed E-state index contributed by atoms with van der Waals surface area (Å²) in [5, 5.41) is 130. The third kappa shape index (κ3) is 8.25. The van der Waals surface area contributed by atoms with E-state index in [2.05, 4.69) is 0 Å². The Bertz CT molecular complexity index is 779. The van der Waals surface area contributed by atoms with Crippen molar-refractivity contribution >= 4 is 0 Å². The zero-order valence-corrected chi connectivity index (χ0v) is 21.6. The quantitative estimate of drug-likeness (QED) is 0.0977. The van der Waals surface area contributed by atoms with E-state index < -0.39 is 131 Å². The van der Waals surface area contributed by atoms with Crippen molar-refractivity contribution in [2.24, 2.45) is 0 Å². The van der Waals surface area contributed by atoms with Crippen molar-refractivity contribution in [3.63, 3.8) is 0 Å². The average Bonchev–Trinajstić information content (AvgIpc) is 2.96. The van der Waals surface area contributed by atoms with Gasteiger partial charge in [-0.3, -0.25) is 0 Å². The second-order valence-electron chi connectivity index (χ2n) is 10.1. The van der Waals surface area contributed by atoms with Gasteiger partial charge in [-0.2, -0.15) is 0 Å². The minimum Gasteiger partial charge on any atom is -0.394 e. The van der Waals surface area contributed by atoms with Crippen molar-refractivity contribution in [3.05, 3.63) is 0 Å². The molecule has 0 bridgehead atoms. The summed E-state index contributed by atoms with van der Waals surface area (Å²) in [5.41, 5.74) is 0. The summed E-state index contributed by atoms with van der Waals surface area (Å²) >= 11 is 0. The van der Waals surface area contributed by atoms with Crippen molar-refractivity contribution in [2.75, 3.05) is 33.0 Å². The summed E-state index contributed by atoms with van der Waals surface area (Å²) in [6, 6.07) is 0. The van der Waals surface area contributed by atoms with E-state index in [9.17, 15) is 66.4 Å². The molecule has 0 aromatic heterocycles. The Hall–Kier alpha value is -0.760. The molecule has 0 saturated carbocycles. The molecule has 3 heterocycles. The van der Waals surface area contributed by atoms with Crippen LogP contribution in [0.2, 0.25) is 0 Å². The van der Waals surface area contributed by atoms with Crippen LogP contribution in [0.15, 0.2) is 0 Å². The molecule has 17 atom stereocenters. The molecule has 13 N–H and O–H groups in total. The molecule has 41 heavy (non-hydrogen) atoms. The van der Waals surface area contributed by atoms with Crippen LogP contribution in [0.3, 0.4) is 0 Å². The van der Waals surface area contributed by atoms with Crippen molar-refractivity contribution in [1.29, 1.82) is 0 Å². The largest absolute Gasteiger partial charge is 0.394 e. The van der Waals surface area contributed by atoms with Gasteiger partial charge in [0.1, 0.15) is 85.5 Å². The van der Waals surface area contributed by atoms with E-state index in [4.69, 9.17) is 28.4 Å². The number of aliphatic hydroxyl groups excluding tert-OH is 13. The zero-order chi connectivity index (χ0) is 30.6. The van der Waals surface area contributed by atoms with Gasteiger partial charge in [-0.15, -0.1) is 0 Å². The summed E-state index contributed by atoms with van der Waals surface area (Å²) in [6.45, 7) is -3.23. The molecule has 19 nitrogen and oxygen atoms in total. The second-order valence-corrected chi connectivity index (χ2v) is 10.1. The fraction of sp³-hybridized carbons (Fsp3) is 1.00. The summed E-state index contributed by atoms with van der Waals surface area (Å²) in [7, 11) is 0. The van der Waals surface area contributed by atoms with Crippen LogP contribution in [0.25, 0.3) is 0 Å². The van der Waals surface area contributed by atoms with E-state index in [1.807, 2.05) is 0 Å². The number of hydrogen-bond acceptors (Lipinski definition) is 19. The first-order valence-corrected chi connectivity index (χ1v) is 12.8. The van der Waals surface area contributed by atoms with Crippen LogP contribution < -0.4 is 0 Å². The Kier molecular flexibility index (Phi) is 13.0. The van der Waals surface area contributed by atoms with Crippen LogP contribution in [-0.4, -0.2) is 204 Å². The Labute approximate surface area is 232 Å². The van der Waals surface area contributed by atoms with Gasteiger partial charge in [0.2, 0.25) is 0 Å². The van der Waals surface area contributed by atoms with E-state index in [1.54, 1.807) is 0 Å². The highest BCUT2D eigenvalue weighted by Crippen LogP contribution is 2.27. The average molecular weight is 609 g/mol. The molecule has 0 unspecified atom stereocenters. The van der Waals surface area contributed by atoms with Crippen LogP contribution >= 0.6 is 0 Å². The zero-order valence-electron chi connectivity index (χ0n) is 21.6. The van der Waals surface area contributed by atoms with Crippen molar-refractivity contribution in [1.82, 2.24) is 0 Å². The molecule has 0 aromatic rings. The maximum Gasteiger partial charge on any atom is 0.187 e. The predicted octanol–water partition coefficient (Wildman–Crippen LogP) is -8.83. The monoisotopic (exact) mass is 608 g/mol. The smallest absolute Gasteiger partial charge is 0.187 e. The lowest BCUT2D eigenvalue weighted by Gasteiger charge is -2.43. The number of rotatable bonds is 12. The molecule has 0 amide bonds. The summed E-state index contributed by atoms with van der Waals surface area (Å²) in [6.07, 6.45) is -29.4. The van der Waals surface area contributed by atoms with Gasteiger partial charge in [-0.05, 0) is 0 Å². The standard InChI is InChI=1S/C22H40O19/c23-1-6(24)13(30)19(9(27)4-38-20-16(33)11(28)7(25)2-36-20)41-22-18(35)15(32)14(31)10(40-22)5-39-21-17(34)12(29)8(26)3-37-21/h6-35H,1-5H2/t6-,7+,8+,9+,10+,11-,12-,13+,14+,15-,16+,17+,18+,19+,20+,21+,22-/m0/s1. The summed E-state index contributed by atoms with van der Waals surface area (Å²) in [4.78, 5) is 0. The normalized spacial score (nSPS) is 45.1. The summed E-state index contributed by atoms with van der Waals surface area (Å²) < 4.78 is 31.5. The minimum absolute atomic E-state index is 0.390. The molecule has 0 spiro atoms. The molecule has 19 heteroatoms. The van der Waals surface area contributed by atoms with Crippen molar-refractivity contribution < 1.29 is 94.8 Å². The van der Waals surface area contributed by atoms with Crippen LogP contribution in [0.4, 0.5) is 0 Å². The highest BCUT2D eigenvalue weighted by Gasteiger charge is 2.48. The van der Waals surface area contributed by atoms with Gasteiger partial charge < -0.3 is 94.8 Å². The van der Waals surface area contributed by atoms with Gasteiger partial charge in [0.25, 0.3) is 0 Å². The maximum atomic E-state index is 10.7. The lowest BCUT2D eigenvalue weighted by Crippen LogP contribution is -2.62. The first kappa shape index (κ1) is 34.7. The van der Waals surface area contributed by atoms with Crippen LogP contribution in [0.1, 0.15) is 0 Å². The van der Waals surface area contributed by atoms with E-state index >= 15 is 0 Å². The van der Waals surface area contributed by atoms with E-state index in [0.29, 0.717) is 0 Å². The number of ether oxygens (including phenoxy) is 6. The third-order valence-corrected chi connectivity index (χ3v) is 7.02. The first-order valence-electron chi connectivity index (χ1n) is 12.8. The predicted molar refractivity (Wildman–Crippen MR) is 124 cm³/mol. The molecule has 3 fully saturated rings. The molecule has 242 valence electrons. The Balaban J connectivity index is 1.67. The van der Waals surface area contributed by atoms with E-state index in [1.165, 1.54) is 0 Å². The topological polar surface area (TPSA) is 318 Å². The van der Waals surface area contributed by atoms with Gasteiger partial charge >= 0.3 is 0 Å². The third-order valence-electron chi connectivity index (χ3n) is 7.02. The Morgan fingerprint density at radius 3 is 1.66 bits per heavy atom. The van der Waals surface area contributed by atoms with Crippen LogP contribution in [0, 0.1) is 0 Å². The van der Waals surface area contributed by atoms with Gasteiger partial charge in [0, 0.05) is 0 Å². The highest BCUT2D eigenvalue weighted by atomic mass is 16.7. The fourth-order valence-electron chi connectivity index (χ4n) is 4.38. The highest BCUT2D eigenvalue weighted by molar-refractivity contribution is 4.92. The maximum absolute atomic E-state index is 10.7. The molecule has 3 saturated heterocycles. The van der Waals surface area contributed by atoms with Gasteiger partial charge in [-0.1, -0.05) is 0 Å². The minimum atomic E-state index is -2.06. The molecule has 0 radical (unpaired) electrons. The van der Waals surface area contributed by atoms with E-state index in [0.717, 1.165) is 0 Å². The Morgan fingerprint density at radius 1 is 0.610 bits per heavy atom. The molecule has 3 aliphatic heterocycles. The SMILES string of the molecule is OC[C@H](O)[C@@H](O)[C@H](O[C@@H]1O[C@H](CO[C@H]2OC[C@@H](O)[C@H](O)[C@H]2O)[C@@H](O)[C@H](O)[C@H]1O)[C@H](O)CO[C@H]1OC[C@@H](O)[C@H](O)[C@H]1O. The molecule has 0 aromatic carbocycles. The first-order chi connectivity index (χ1) is 19.3. The molecular weight excluding hydrogens is 568 g/mol. The van der Waals surface area contributed by atoms with E-state index in [-0.39, 0.29) is 6.61 Å². The molecule has 3 rings (SSSR count). The van der Waals surface area contributed by atoms with Gasteiger partial charge in [0.15, 0.2) is 18.9 Å². The summed E-state index contributed by atoms with van der Waals surface area (Å²) in [5.74, 6) is 0. The second kappa shape index (κ2) is 15.3. The number of aliphatic hydroxyl groups is 13. The van der Waals surface area contributed by atoms with Crippen LogP contribution in [-0.2, 0) is 28.4 Å². The fourth-order valence-corrected chi connectivity index (χ4v) is 4.38. The lowest BCUT2D eigenvalue weighted by molar-refractivity contribution is -0.341. The van der Waals surface area contributed by atoms with Crippen molar-refractivity contribution in [3.8, 4) is 0 Å². The van der Waals surface area contributed by atoms with Crippen molar-refractivity contribution in [2.45, 2.75) is 104 Å².